The van der Waals surface area contributed by atoms with Crippen LogP contribution in [0.25, 0.3) is 0 Å². The molecule has 2 rings (SSSR count). The van der Waals surface area contributed by atoms with Crippen molar-refractivity contribution in [3.63, 3.8) is 0 Å². The van der Waals surface area contributed by atoms with Crippen LogP contribution in [0.3, 0.4) is 0 Å². The highest BCUT2D eigenvalue weighted by Gasteiger charge is 2.26. The van der Waals surface area contributed by atoms with Gasteiger partial charge in [0.2, 0.25) is 11.9 Å². The molecule has 0 radical (unpaired) electrons. The predicted molar refractivity (Wildman–Crippen MR) is 77.2 cm³/mol. The lowest BCUT2D eigenvalue weighted by atomic mass is 10.00. The maximum atomic E-state index is 5.68. The predicted octanol–water partition coefficient (Wildman–Crippen LogP) is 1.54. The molecule has 2 heterocycles. The number of rotatable bonds is 7. The molecule has 1 aromatic heterocycles. The summed E-state index contributed by atoms with van der Waals surface area (Å²) in [5.41, 5.74) is 0. The van der Waals surface area contributed by atoms with E-state index in [1.807, 2.05) is 6.92 Å². The number of hydrogen-bond acceptors (Lipinski definition) is 7. The fourth-order valence-corrected chi connectivity index (χ4v) is 2.36. The molecule has 112 valence electrons. The molecule has 1 saturated heterocycles. The Hall–Kier alpha value is -1.63. The lowest BCUT2D eigenvalue weighted by Gasteiger charge is -2.17. The first-order valence-corrected chi connectivity index (χ1v) is 7.16. The van der Waals surface area contributed by atoms with Gasteiger partial charge in [0.25, 0.3) is 0 Å². The molecule has 2 atom stereocenters. The number of hydrogen-bond donors (Lipinski definition) is 2. The van der Waals surface area contributed by atoms with E-state index in [9.17, 15) is 0 Å². The SMILES string of the molecule is CCNc1nc(NCC2CCOC2CC)nc(OC)n1. The summed E-state index contributed by atoms with van der Waals surface area (Å²) in [4.78, 5) is 12.7. The number of aromatic nitrogens is 3. The van der Waals surface area contributed by atoms with Gasteiger partial charge in [-0.15, -0.1) is 0 Å². The molecule has 2 N–H and O–H groups in total. The zero-order valence-electron chi connectivity index (χ0n) is 12.3. The van der Waals surface area contributed by atoms with E-state index in [1.165, 1.54) is 0 Å². The second kappa shape index (κ2) is 7.23. The number of anilines is 2. The summed E-state index contributed by atoms with van der Waals surface area (Å²) >= 11 is 0. The number of ether oxygens (including phenoxy) is 2. The van der Waals surface area contributed by atoms with E-state index < -0.39 is 0 Å². The number of nitrogens with one attached hydrogen (secondary N) is 2. The van der Waals surface area contributed by atoms with Gasteiger partial charge in [-0.05, 0) is 19.8 Å². The summed E-state index contributed by atoms with van der Waals surface area (Å²) in [6, 6.07) is 0.313. The molecule has 0 bridgehead atoms. The molecular formula is C13H23N5O2. The molecule has 1 aliphatic heterocycles. The van der Waals surface area contributed by atoms with Crippen molar-refractivity contribution in [2.75, 3.05) is 37.4 Å². The Labute approximate surface area is 119 Å². The van der Waals surface area contributed by atoms with Crippen molar-refractivity contribution in [2.45, 2.75) is 32.8 Å². The van der Waals surface area contributed by atoms with Crippen LogP contribution in [0.4, 0.5) is 11.9 Å². The summed E-state index contributed by atoms with van der Waals surface area (Å²) in [6.07, 6.45) is 2.45. The minimum Gasteiger partial charge on any atom is -0.467 e. The van der Waals surface area contributed by atoms with Gasteiger partial charge in [0.1, 0.15) is 0 Å². The number of methoxy groups -OCH3 is 1. The largest absolute Gasteiger partial charge is 0.467 e. The Morgan fingerprint density at radius 1 is 1.20 bits per heavy atom. The second-order valence-electron chi connectivity index (χ2n) is 4.75. The lowest BCUT2D eigenvalue weighted by molar-refractivity contribution is 0.0900. The van der Waals surface area contributed by atoms with Crippen molar-refractivity contribution < 1.29 is 9.47 Å². The fraction of sp³-hybridized carbons (Fsp3) is 0.769. The smallest absolute Gasteiger partial charge is 0.322 e. The average Bonchev–Trinajstić information content (AvgIpc) is 2.92. The first-order valence-electron chi connectivity index (χ1n) is 7.16. The topological polar surface area (TPSA) is 81.2 Å². The molecule has 0 spiro atoms. The van der Waals surface area contributed by atoms with Gasteiger partial charge >= 0.3 is 6.01 Å². The molecule has 0 amide bonds. The molecule has 7 heteroatoms. The number of nitrogens with zero attached hydrogens (tertiary/aromatic N) is 3. The van der Waals surface area contributed by atoms with Crippen LogP contribution in [-0.2, 0) is 4.74 Å². The molecule has 7 nitrogen and oxygen atoms in total. The van der Waals surface area contributed by atoms with Crippen molar-refractivity contribution in [3.05, 3.63) is 0 Å². The van der Waals surface area contributed by atoms with Crippen LogP contribution in [0.2, 0.25) is 0 Å². The molecule has 2 unspecified atom stereocenters. The summed E-state index contributed by atoms with van der Waals surface area (Å²) in [5, 5.41) is 6.33. The Kier molecular flexibility index (Phi) is 5.34. The maximum Gasteiger partial charge on any atom is 0.322 e. The van der Waals surface area contributed by atoms with E-state index in [1.54, 1.807) is 7.11 Å². The Bertz CT molecular complexity index is 429. The zero-order valence-corrected chi connectivity index (χ0v) is 12.3. The molecule has 1 aromatic rings. The zero-order chi connectivity index (χ0) is 14.4. The molecule has 20 heavy (non-hydrogen) atoms. The highest BCUT2D eigenvalue weighted by atomic mass is 16.5. The van der Waals surface area contributed by atoms with Crippen molar-refractivity contribution >= 4 is 11.9 Å². The third-order valence-electron chi connectivity index (χ3n) is 3.40. The van der Waals surface area contributed by atoms with E-state index >= 15 is 0 Å². The standard InChI is InChI=1S/C13H23N5O2/c1-4-10-9(6-7-20-10)8-15-12-16-11(14-5-2)17-13(18-12)19-3/h9-10H,4-8H2,1-3H3,(H2,14,15,16,17,18). The van der Waals surface area contributed by atoms with Crippen LogP contribution < -0.4 is 15.4 Å². The summed E-state index contributed by atoms with van der Waals surface area (Å²) < 4.78 is 10.8. The quantitative estimate of drug-likeness (QED) is 0.784. The van der Waals surface area contributed by atoms with Crippen molar-refractivity contribution in [2.24, 2.45) is 5.92 Å². The van der Waals surface area contributed by atoms with Crippen LogP contribution in [0, 0.1) is 5.92 Å². The molecule has 1 fully saturated rings. The minimum atomic E-state index is 0.313. The lowest BCUT2D eigenvalue weighted by Crippen LogP contribution is -2.23. The Morgan fingerprint density at radius 2 is 1.95 bits per heavy atom. The van der Waals surface area contributed by atoms with Gasteiger partial charge in [-0.2, -0.15) is 15.0 Å². The monoisotopic (exact) mass is 281 g/mol. The van der Waals surface area contributed by atoms with E-state index in [-0.39, 0.29) is 0 Å². The van der Waals surface area contributed by atoms with Gasteiger partial charge in [-0.3, -0.25) is 0 Å². The van der Waals surface area contributed by atoms with E-state index in [0.717, 1.165) is 32.5 Å². The third kappa shape index (κ3) is 3.69. The fourth-order valence-electron chi connectivity index (χ4n) is 2.36. The summed E-state index contributed by atoms with van der Waals surface area (Å²) in [5.74, 6) is 1.57. The Balaban J connectivity index is 1.99. The molecule has 0 aromatic carbocycles. The van der Waals surface area contributed by atoms with Crippen LogP contribution in [0.5, 0.6) is 6.01 Å². The highest BCUT2D eigenvalue weighted by Crippen LogP contribution is 2.23. The van der Waals surface area contributed by atoms with Gasteiger partial charge in [-0.1, -0.05) is 6.92 Å². The van der Waals surface area contributed by atoms with Gasteiger partial charge in [0.15, 0.2) is 0 Å². The van der Waals surface area contributed by atoms with Crippen LogP contribution in [-0.4, -0.2) is 47.9 Å². The van der Waals surface area contributed by atoms with Crippen LogP contribution in [0.1, 0.15) is 26.7 Å². The van der Waals surface area contributed by atoms with Gasteiger partial charge in [-0.25, -0.2) is 0 Å². The normalized spacial score (nSPS) is 21.8. The van der Waals surface area contributed by atoms with E-state index in [2.05, 4.69) is 32.5 Å². The van der Waals surface area contributed by atoms with E-state index in [4.69, 9.17) is 9.47 Å². The first kappa shape index (κ1) is 14.8. The Morgan fingerprint density at radius 3 is 2.60 bits per heavy atom. The summed E-state index contributed by atoms with van der Waals surface area (Å²) in [6.45, 7) is 6.54. The van der Waals surface area contributed by atoms with Crippen LogP contribution in [0.15, 0.2) is 0 Å². The van der Waals surface area contributed by atoms with Crippen molar-refractivity contribution in [3.8, 4) is 6.01 Å². The van der Waals surface area contributed by atoms with Gasteiger partial charge < -0.3 is 20.1 Å². The van der Waals surface area contributed by atoms with Crippen molar-refractivity contribution in [1.29, 1.82) is 0 Å². The van der Waals surface area contributed by atoms with Gasteiger partial charge in [0.05, 0.1) is 13.2 Å². The summed E-state index contributed by atoms with van der Waals surface area (Å²) in [7, 11) is 1.55. The van der Waals surface area contributed by atoms with Gasteiger partial charge in [0, 0.05) is 25.6 Å². The van der Waals surface area contributed by atoms with Crippen LogP contribution >= 0.6 is 0 Å². The first-order chi connectivity index (χ1) is 9.76. The second-order valence-corrected chi connectivity index (χ2v) is 4.75. The average molecular weight is 281 g/mol. The third-order valence-corrected chi connectivity index (χ3v) is 3.40. The molecule has 1 aliphatic rings. The van der Waals surface area contributed by atoms with Crippen molar-refractivity contribution in [1.82, 2.24) is 15.0 Å². The maximum absolute atomic E-state index is 5.68. The highest BCUT2D eigenvalue weighted by molar-refractivity contribution is 5.35. The molecule has 0 aliphatic carbocycles. The van der Waals surface area contributed by atoms with E-state index in [0.29, 0.717) is 29.9 Å². The molecular weight excluding hydrogens is 258 g/mol. The minimum absolute atomic E-state index is 0.313. The molecule has 0 saturated carbocycles.